The molecule has 0 amide bonds. The molecule has 1 atom stereocenters. The van der Waals surface area contributed by atoms with E-state index in [1.807, 2.05) is 71.9 Å². The maximum Gasteiger partial charge on any atom is 0.324 e. The van der Waals surface area contributed by atoms with E-state index < -0.39 is 17.2 Å². The van der Waals surface area contributed by atoms with Crippen LogP contribution in [0.4, 0.5) is 0 Å². The van der Waals surface area contributed by atoms with Crippen LogP contribution in [0.1, 0.15) is 72.8 Å². The van der Waals surface area contributed by atoms with Gasteiger partial charge in [0.15, 0.2) is 0 Å². The average molecular weight is 404 g/mol. The predicted molar refractivity (Wildman–Crippen MR) is 115 cm³/mol. The number of esters is 2. The highest BCUT2D eigenvalue weighted by molar-refractivity contribution is 5.76. The predicted octanol–water partition coefficient (Wildman–Crippen LogP) is 4.43. The maximum atomic E-state index is 12.8. The SMILES string of the molecule is CC(C)(C)OC(=O)C1CCC(NC(Cc2ccccc2)C(=O)OC(C)(C)C)CC1. The Kier molecular flexibility index (Phi) is 7.87. The van der Waals surface area contributed by atoms with E-state index in [0.29, 0.717) is 6.42 Å². The number of carbonyl (C=O) groups is 2. The van der Waals surface area contributed by atoms with Crippen molar-refractivity contribution in [3.05, 3.63) is 35.9 Å². The van der Waals surface area contributed by atoms with Gasteiger partial charge in [-0.3, -0.25) is 9.59 Å². The zero-order valence-electron chi connectivity index (χ0n) is 18.8. The van der Waals surface area contributed by atoms with Crippen LogP contribution in [0.15, 0.2) is 30.3 Å². The van der Waals surface area contributed by atoms with Gasteiger partial charge in [0.2, 0.25) is 0 Å². The number of hydrogen-bond donors (Lipinski definition) is 1. The van der Waals surface area contributed by atoms with Gasteiger partial charge in [-0.2, -0.15) is 0 Å². The fourth-order valence-corrected chi connectivity index (χ4v) is 3.60. The van der Waals surface area contributed by atoms with E-state index in [-0.39, 0.29) is 23.9 Å². The van der Waals surface area contributed by atoms with Crippen molar-refractivity contribution in [2.45, 2.75) is 96.9 Å². The smallest absolute Gasteiger partial charge is 0.324 e. The van der Waals surface area contributed by atoms with Gasteiger partial charge in [0.1, 0.15) is 17.2 Å². The van der Waals surface area contributed by atoms with Gasteiger partial charge in [-0.15, -0.1) is 0 Å². The molecule has 1 saturated carbocycles. The van der Waals surface area contributed by atoms with Gasteiger partial charge in [0.05, 0.1) is 5.92 Å². The molecule has 0 heterocycles. The number of rotatable bonds is 6. The van der Waals surface area contributed by atoms with E-state index in [9.17, 15) is 9.59 Å². The summed E-state index contributed by atoms with van der Waals surface area (Å²) in [4.78, 5) is 25.1. The molecule has 5 heteroatoms. The Morgan fingerprint density at radius 2 is 1.48 bits per heavy atom. The highest BCUT2D eigenvalue weighted by Crippen LogP contribution is 2.27. The maximum absolute atomic E-state index is 12.8. The molecule has 1 N–H and O–H groups in total. The second-order valence-corrected chi connectivity index (χ2v) is 10.0. The summed E-state index contributed by atoms with van der Waals surface area (Å²) in [5.74, 6) is -0.388. The van der Waals surface area contributed by atoms with Crippen molar-refractivity contribution < 1.29 is 19.1 Å². The van der Waals surface area contributed by atoms with E-state index in [0.717, 1.165) is 31.2 Å². The molecule has 0 aliphatic heterocycles. The van der Waals surface area contributed by atoms with Crippen LogP contribution in [-0.2, 0) is 25.5 Å². The summed E-state index contributed by atoms with van der Waals surface area (Å²) >= 11 is 0. The summed E-state index contributed by atoms with van der Waals surface area (Å²) in [6.45, 7) is 11.3. The summed E-state index contributed by atoms with van der Waals surface area (Å²) in [6.07, 6.45) is 3.83. The summed E-state index contributed by atoms with van der Waals surface area (Å²) in [6, 6.07) is 9.77. The van der Waals surface area contributed by atoms with Crippen molar-refractivity contribution in [2.24, 2.45) is 5.92 Å². The minimum absolute atomic E-state index is 0.0543. The van der Waals surface area contributed by atoms with Gasteiger partial charge in [0, 0.05) is 6.04 Å². The van der Waals surface area contributed by atoms with Crippen molar-refractivity contribution in [3.63, 3.8) is 0 Å². The Bertz CT molecular complexity index is 664. The first-order valence-electron chi connectivity index (χ1n) is 10.7. The fourth-order valence-electron chi connectivity index (χ4n) is 3.60. The Morgan fingerprint density at radius 1 is 0.931 bits per heavy atom. The van der Waals surface area contributed by atoms with Crippen molar-refractivity contribution in [3.8, 4) is 0 Å². The summed E-state index contributed by atoms with van der Waals surface area (Å²) in [7, 11) is 0. The highest BCUT2D eigenvalue weighted by atomic mass is 16.6. The third kappa shape index (κ3) is 8.57. The first-order chi connectivity index (χ1) is 13.4. The lowest BCUT2D eigenvalue weighted by atomic mass is 9.85. The fraction of sp³-hybridized carbons (Fsp3) is 0.667. The molecule has 29 heavy (non-hydrogen) atoms. The molecule has 2 rings (SSSR count). The second-order valence-electron chi connectivity index (χ2n) is 10.0. The van der Waals surface area contributed by atoms with E-state index >= 15 is 0 Å². The minimum atomic E-state index is -0.526. The van der Waals surface area contributed by atoms with Crippen LogP contribution in [0.25, 0.3) is 0 Å². The molecule has 1 aliphatic rings. The zero-order chi connectivity index (χ0) is 21.7. The lowest BCUT2D eigenvalue weighted by Gasteiger charge is -2.33. The Balaban J connectivity index is 1.97. The molecule has 1 fully saturated rings. The summed E-state index contributed by atoms with van der Waals surface area (Å²) in [5, 5.41) is 3.51. The third-order valence-corrected chi connectivity index (χ3v) is 4.88. The largest absolute Gasteiger partial charge is 0.460 e. The molecule has 5 nitrogen and oxygen atoms in total. The summed E-state index contributed by atoms with van der Waals surface area (Å²) in [5.41, 5.74) is 0.115. The van der Waals surface area contributed by atoms with Crippen LogP contribution < -0.4 is 5.32 Å². The third-order valence-electron chi connectivity index (χ3n) is 4.88. The first-order valence-corrected chi connectivity index (χ1v) is 10.7. The number of ether oxygens (including phenoxy) is 2. The number of hydrogen-bond acceptors (Lipinski definition) is 5. The Labute approximate surface area is 175 Å². The van der Waals surface area contributed by atoms with Crippen molar-refractivity contribution in [1.82, 2.24) is 5.32 Å². The lowest BCUT2D eigenvalue weighted by Crippen LogP contribution is -2.48. The molecule has 1 aromatic rings. The van der Waals surface area contributed by atoms with Crippen LogP contribution in [-0.4, -0.2) is 35.2 Å². The Hall–Kier alpha value is -1.88. The molecular formula is C24H37NO4. The van der Waals surface area contributed by atoms with Crippen LogP contribution in [0.2, 0.25) is 0 Å². The number of carbonyl (C=O) groups excluding carboxylic acids is 2. The number of nitrogens with one attached hydrogen (secondary N) is 1. The van der Waals surface area contributed by atoms with Crippen molar-refractivity contribution in [2.75, 3.05) is 0 Å². The Morgan fingerprint density at radius 3 is 2.00 bits per heavy atom. The van der Waals surface area contributed by atoms with E-state index in [4.69, 9.17) is 9.47 Å². The van der Waals surface area contributed by atoms with Gasteiger partial charge in [-0.05, 0) is 79.2 Å². The van der Waals surface area contributed by atoms with Gasteiger partial charge in [-0.25, -0.2) is 0 Å². The standard InChI is InChI=1S/C24H37NO4/c1-23(2,3)28-21(26)18-12-14-19(15-13-18)25-20(22(27)29-24(4,5)6)16-17-10-8-7-9-11-17/h7-11,18-20,25H,12-16H2,1-6H3. The quantitative estimate of drug-likeness (QED) is 0.712. The van der Waals surface area contributed by atoms with Gasteiger partial charge < -0.3 is 14.8 Å². The molecule has 0 bridgehead atoms. The van der Waals surface area contributed by atoms with Crippen molar-refractivity contribution >= 4 is 11.9 Å². The lowest BCUT2D eigenvalue weighted by molar-refractivity contribution is -0.162. The average Bonchev–Trinajstić information content (AvgIpc) is 2.59. The normalized spacial score (nSPS) is 21.3. The monoisotopic (exact) mass is 403 g/mol. The first kappa shape index (κ1) is 23.4. The van der Waals surface area contributed by atoms with Crippen LogP contribution in [0.3, 0.4) is 0 Å². The molecule has 1 aromatic carbocycles. The van der Waals surface area contributed by atoms with Gasteiger partial charge >= 0.3 is 11.9 Å². The van der Waals surface area contributed by atoms with Crippen LogP contribution in [0, 0.1) is 5.92 Å². The molecule has 1 aliphatic carbocycles. The van der Waals surface area contributed by atoms with E-state index in [2.05, 4.69) is 5.32 Å². The molecule has 0 spiro atoms. The molecule has 0 saturated heterocycles. The van der Waals surface area contributed by atoms with Crippen LogP contribution in [0.5, 0.6) is 0 Å². The molecule has 1 unspecified atom stereocenters. The second kappa shape index (κ2) is 9.75. The van der Waals surface area contributed by atoms with Gasteiger partial charge in [-0.1, -0.05) is 30.3 Å². The van der Waals surface area contributed by atoms with Crippen molar-refractivity contribution in [1.29, 1.82) is 0 Å². The van der Waals surface area contributed by atoms with Gasteiger partial charge in [0.25, 0.3) is 0 Å². The minimum Gasteiger partial charge on any atom is -0.460 e. The highest BCUT2D eigenvalue weighted by Gasteiger charge is 2.33. The summed E-state index contributed by atoms with van der Waals surface area (Å²) < 4.78 is 11.2. The van der Waals surface area contributed by atoms with E-state index in [1.165, 1.54) is 0 Å². The molecular weight excluding hydrogens is 366 g/mol. The molecule has 162 valence electrons. The molecule has 0 radical (unpaired) electrons. The number of benzene rings is 1. The van der Waals surface area contributed by atoms with Crippen LogP contribution >= 0.6 is 0 Å². The van der Waals surface area contributed by atoms with E-state index in [1.54, 1.807) is 0 Å². The molecule has 0 aromatic heterocycles. The zero-order valence-corrected chi connectivity index (χ0v) is 18.8. The topological polar surface area (TPSA) is 64.6 Å².